The van der Waals surface area contributed by atoms with Crippen molar-refractivity contribution < 1.29 is 28.5 Å². The number of carbonyl (C=O) groups excluding carboxylic acids is 1. The van der Waals surface area contributed by atoms with Gasteiger partial charge in [0.15, 0.2) is 5.79 Å². The number of ether oxygens (including phenoxy) is 5. The van der Waals surface area contributed by atoms with E-state index in [1.807, 2.05) is 19.1 Å². The highest BCUT2D eigenvalue weighted by Gasteiger charge is 2.35. The van der Waals surface area contributed by atoms with E-state index in [1.54, 1.807) is 20.3 Å². The summed E-state index contributed by atoms with van der Waals surface area (Å²) in [7, 11) is 3.14. The lowest BCUT2D eigenvalue weighted by atomic mass is 9.99. The first kappa shape index (κ1) is 20.7. The van der Waals surface area contributed by atoms with Crippen molar-refractivity contribution in [2.75, 3.05) is 27.4 Å². The van der Waals surface area contributed by atoms with Gasteiger partial charge in [0.1, 0.15) is 17.1 Å². The Kier molecular flexibility index (Phi) is 6.97. The number of hydrogen-bond donors (Lipinski definition) is 0. The van der Waals surface area contributed by atoms with Gasteiger partial charge in [-0.3, -0.25) is 0 Å². The van der Waals surface area contributed by atoms with E-state index < -0.39 is 5.79 Å². The Labute approximate surface area is 166 Å². The van der Waals surface area contributed by atoms with Crippen LogP contribution in [0.25, 0.3) is 6.08 Å². The van der Waals surface area contributed by atoms with E-state index in [-0.39, 0.29) is 12.1 Å². The summed E-state index contributed by atoms with van der Waals surface area (Å²) in [4.78, 5) is 12.9. The molecule has 2 heterocycles. The van der Waals surface area contributed by atoms with Crippen molar-refractivity contribution in [1.82, 2.24) is 0 Å². The number of hydrogen-bond acceptors (Lipinski definition) is 6. The third kappa shape index (κ3) is 4.86. The van der Waals surface area contributed by atoms with Crippen molar-refractivity contribution in [2.45, 2.75) is 57.3 Å². The Morgan fingerprint density at radius 3 is 2.54 bits per heavy atom. The average Bonchev–Trinajstić information content (AvgIpc) is 3.15. The highest BCUT2D eigenvalue weighted by Crippen LogP contribution is 2.34. The molecule has 0 radical (unpaired) electrons. The van der Waals surface area contributed by atoms with Crippen LogP contribution in [0.2, 0.25) is 0 Å². The number of cyclic esters (lactones) is 1. The van der Waals surface area contributed by atoms with E-state index >= 15 is 0 Å². The summed E-state index contributed by atoms with van der Waals surface area (Å²) in [5, 5.41) is 0. The molecule has 154 valence electrons. The van der Waals surface area contributed by atoms with Crippen molar-refractivity contribution >= 4 is 12.0 Å². The summed E-state index contributed by atoms with van der Waals surface area (Å²) in [5.74, 6) is 0.224. The normalized spacial score (nSPS) is 24.1. The van der Waals surface area contributed by atoms with Crippen molar-refractivity contribution in [3.63, 3.8) is 0 Å². The first-order chi connectivity index (χ1) is 13.6. The number of methoxy groups -OCH3 is 2. The molecule has 28 heavy (non-hydrogen) atoms. The molecule has 0 bridgehead atoms. The standard InChI is InChI=1S/C22H30O6/c1-16-8-7-11-22(26-12-13-27-22)10-6-4-5-9-17-14-18(24-2)15-19(25-3)20(17)21(23)28-16/h5,9,14-16H,4,6-8,10-13H2,1-3H3/b9-5+. The molecule has 0 N–H and O–H groups in total. The van der Waals surface area contributed by atoms with Gasteiger partial charge in [-0.2, -0.15) is 0 Å². The molecule has 1 unspecified atom stereocenters. The first-order valence-electron chi connectivity index (χ1n) is 9.98. The van der Waals surface area contributed by atoms with Crippen LogP contribution in [0.5, 0.6) is 11.5 Å². The van der Waals surface area contributed by atoms with Crippen LogP contribution in [0.4, 0.5) is 0 Å². The molecule has 2 aliphatic heterocycles. The molecule has 1 fully saturated rings. The Hall–Kier alpha value is -2.05. The molecule has 0 saturated carbocycles. The van der Waals surface area contributed by atoms with Crippen LogP contribution in [0.1, 0.15) is 61.4 Å². The maximum atomic E-state index is 12.9. The van der Waals surface area contributed by atoms with E-state index in [0.717, 1.165) is 44.1 Å². The summed E-state index contributed by atoms with van der Waals surface area (Å²) in [6, 6.07) is 3.54. The first-order valence-corrected chi connectivity index (χ1v) is 9.98. The smallest absolute Gasteiger partial charge is 0.342 e. The van der Waals surface area contributed by atoms with Gasteiger partial charge in [0.05, 0.1) is 33.5 Å². The van der Waals surface area contributed by atoms with Crippen molar-refractivity contribution in [3.8, 4) is 11.5 Å². The van der Waals surface area contributed by atoms with Crippen LogP contribution in [-0.2, 0) is 14.2 Å². The van der Waals surface area contributed by atoms with Crippen molar-refractivity contribution in [3.05, 3.63) is 29.3 Å². The highest BCUT2D eigenvalue weighted by molar-refractivity contribution is 5.97. The second-order valence-electron chi connectivity index (χ2n) is 7.30. The van der Waals surface area contributed by atoms with Gasteiger partial charge in [-0.25, -0.2) is 4.79 Å². The lowest BCUT2D eigenvalue weighted by Crippen LogP contribution is -2.30. The van der Waals surface area contributed by atoms with Gasteiger partial charge in [0.2, 0.25) is 0 Å². The zero-order chi connectivity index (χ0) is 20.0. The van der Waals surface area contributed by atoms with Gasteiger partial charge in [-0.15, -0.1) is 0 Å². The number of benzene rings is 1. The van der Waals surface area contributed by atoms with Gasteiger partial charge in [-0.1, -0.05) is 12.2 Å². The van der Waals surface area contributed by atoms with E-state index in [1.165, 1.54) is 0 Å². The fourth-order valence-corrected chi connectivity index (χ4v) is 3.81. The molecular weight excluding hydrogens is 360 g/mol. The Balaban J connectivity index is 1.89. The predicted molar refractivity (Wildman–Crippen MR) is 106 cm³/mol. The van der Waals surface area contributed by atoms with Gasteiger partial charge < -0.3 is 23.7 Å². The Bertz CT molecular complexity index is 705. The molecule has 6 nitrogen and oxygen atoms in total. The largest absolute Gasteiger partial charge is 0.497 e. The number of allylic oxidation sites excluding steroid dienone is 1. The summed E-state index contributed by atoms with van der Waals surface area (Å²) < 4.78 is 28.4. The van der Waals surface area contributed by atoms with Crippen molar-refractivity contribution in [2.24, 2.45) is 0 Å². The summed E-state index contributed by atoms with van der Waals surface area (Å²) >= 11 is 0. The Morgan fingerprint density at radius 2 is 1.82 bits per heavy atom. The molecule has 1 aromatic rings. The van der Waals surface area contributed by atoms with E-state index in [9.17, 15) is 4.79 Å². The summed E-state index contributed by atoms with van der Waals surface area (Å²) in [5.41, 5.74) is 1.16. The predicted octanol–water partition coefficient (Wildman–Crippen LogP) is 4.36. The molecule has 1 atom stereocenters. The van der Waals surface area contributed by atoms with E-state index in [4.69, 9.17) is 23.7 Å². The van der Waals surface area contributed by atoms with Gasteiger partial charge in [-0.05, 0) is 44.2 Å². The zero-order valence-corrected chi connectivity index (χ0v) is 17.0. The molecule has 1 saturated heterocycles. The van der Waals surface area contributed by atoms with Gasteiger partial charge in [0, 0.05) is 18.9 Å². The van der Waals surface area contributed by atoms with Gasteiger partial charge in [0.25, 0.3) is 0 Å². The lowest BCUT2D eigenvalue weighted by molar-refractivity contribution is -0.168. The maximum absolute atomic E-state index is 12.9. The van der Waals surface area contributed by atoms with Crippen LogP contribution in [0, 0.1) is 0 Å². The minimum absolute atomic E-state index is 0.211. The quantitative estimate of drug-likeness (QED) is 0.699. The summed E-state index contributed by atoms with van der Waals surface area (Å²) in [6.07, 6.45) is 8.89. The van der Waals surface area contributed by atoms with E-state index in [0.29, 0.717) is 30.3 Å². The zero-order valence-electron chi connectivity index (χ0n) is 17.0. The highest BCUT2D eigenvalue weighted by atomic mass is 16.7. The van der Waals surface area contributed by atoms with Crippen LogP contribution in [0.15, 0.2) is 18.2 Å². The molecule has 1 aromatic carbocycles. The van der Waals surface area contributed by atoms with Crippen LogP contribution in [0.3, 0.4) is 0 Å². The maximum Gasteiger partial charge on any atom is 0.342 e. The van der Waals surface area contributed by atoms with E-state index in [2.05, 4.69) is 6.08 Å². The fraction of sp³-hybridized carbons (Fsp3) is 0.591. The Morgan fingerprint density at radius 1 is 1.07 bits per heavy atom. The van der Waals surface area contributed by atoms with Crippen LogP contribution < -0.4 is 9.47 Å². The molecule has 6 heteroatoms. The minimum Gasteiger partial charge on any atom is -0.497 e. The van der Waals surface area contributed by atoms with Crippen LogP contribution in [-0.4, -0.2) is 45.3 Å². The van der Waals surface area contributed by atoms with Crippen molar-refractivity contribution in [1.29, 1.82) is 0 Å². The third-order valence-corrected chi connectivity index (χ3v) is 5.28. The molecule has 0 aromatic heterocycles. The average molecular weight is 390 g/mol. The van der Waals surface area contributed by atoms with Gasteiger partial charge >= 0.3 is 5.97 Å². The second-order valence-corrected chi connectivity index (χ2v) is 7.30. The second kappa shape index (κ2) is 9.43. The SMILES string of the molecule is COc1cc2c(c(OC)c1)C(=O)OC(C)CCCC1(CCC/C=C/2)OCCO1. The molecule has 0 amide bonds. The molecule has 2 aliphatic rings. The fourth-order valence-electron chi connectivity index (χ4n) is 3.81. The summed E-state index contributed by atoms with van der Waals surface area (Å²) in [6.45, 7) is 3.21. The number of fused-ring (bicyclic) bond motifs is 1. The molecule has 1 spiro atoms. The number of carbonyl (C=O) groups is 1. The third-order valence-electron chi connectivity index (χ3n) is 5.28. The minimum atomic E-state index is -0.480. The monoisotopic (exact) mass is 390 g/mol. The molecule has 0 aliphatic carbocycles. The molecule has 3 rings (SSSR count). The number of esters is 1. The number of rotatable bonds is 2. The molecular formula is C22H30O6. The topological polar surface area (TPSA) is 63.2 Å². The van der Waals surface area contributed by atoms with Crippen LogP contribution >= 0.6 is 0 Å². The lowest BCUT2D eigenvalue weighted by Gasteiger charge is -2.28.